The van der Waals surface area contributed by atoms with E-state index in [4.69, 9.17) is 11.6 Å². The van der Waals surface area contributed by atoms with Gasteiger partial charge in [-0.3, -0.25) is 4.98 Å². The Kier molecular flexibility index (Phi) is 3.23. The number of rotatable bonds is 2. The van der Waals surface area contributed by atoms with Crippen LogP contribution in [0, 0.1) is 0 Å². The third-order valence-electron chi connectivity index (χ3n) is 1.98. The largest absolute Gasteiger partial charge is 0.263 e. The molecule has 0 aliphatic rings. The lowest BCUT2D eigenvalue weighted by atomic mass is 10.1. The Bertz CT molecular complexity index is 456. The Morgan fingerprint density at radius 2 is 2.00 bits per heavy atom. The Balaban J connectivity index is 2.37. The van der Waals surface area contributed by atoms with Crippen LogP contribution in [0.5, 0.6) is 0 Å². The molecule has 76 valence electrons. The minimum Gasteiger partial charge on any atom is -0.263 e. The molecule has 0 spiro atoms. The van der Waals surface area contributed by atoms with E-state index in [0.29, 0.717) is 5.02 Å². The Labute approximate surface area is 97.7 Å². The highest BCUT2D eigenvalue weighted by atomic mass is 35.5. The fourth-order valence-corrected chi connectivity index (χ4v) is 1.78. The summed E-state index contributed by atoms with van der Waals surface area (Å²) in [6.45, 7) is 0. The van der Waals surface area contributed by atoms with Crippen LogP contribution in [0.4, 0.5) is 0 Å². The van der Waals surface area contributed by atoms with E-state index in [2.05, 4.69) is 9.97 Å². The summed E-state index contributed by atoms with van der Waals surface area (Å²) in [6.07, 6.45) is 7.23. The first-order valence-corrected chi connectivity index (χ1v) is 6.01. The third kappa shape index (κ3) is 2.49. The van der Waals surface area contributed by atoms with Crippen LogP contribution in [0.15, 0.2) is 41.8 Å². The van der Waals surface area contributed by atoms with E-state index in [1.165, 1.54) is 0 Å². The Hall–Kier alpha value is -1.06. The predicted octanol–water partition coefficient (Wildman–Crippen LogP) is 3.52. The summed E-state index contributed by atoms with van der Waals surface area (Å²) in [5, 5.41) is 1.65. The van der Waals surface area contributed by atoms with Crippen LogP contribution in [0.2, 0.25) is 5.02 Å². The normalized spacial score (nSPS) is 10.3. The quantitative estimate of drug-likeness (QED) is 0.747. The van der Waals surface area contributed by atoms with Crippen LogP contribution in [0.3, 0.4) is 0 Å². The van der Waals surface area contributed by atoms with Crippen LogP contribution in [0.1, 0.15) is 0 Å². The molecule has 4 heteroatoms. The van der Waals surface area contributed by atoms with Gasteiger partial charge in [0.15, 0.2) is 0 Å². The predicted molar refractivity (Wildman–Crippen MR) is 64.3 cm³/mol. The maximum atomic E-state index is 5.87. The summed E-state index contributed by atoms with van der Waals surface area (Å²) in [7, 11) is 0. The number of hydrogen-bond donors (Lipinski definition) is 0. The van der Waals surface area contributed by atoms with E-state index < -0.39 is 0 Å². The van der Waals surface area contributed by atoms with Gasteiger partial charge in [0.1, 0.15) is 0 Å². The van der Waals surface area contributed by atoms with Crippen molar-refractivity contribution in [2.75, 3.05) is 6.26 Å². The molecule has 0 saturated carbocycles. The summed E-state index contributed by atoms with van der Waals surface area (Å²) in [4.78, 5) is 8.33. The highest BCUT2D eigenvalue weighted by Crippen LogP contribution is 2.22. The molecule has 15 heavy (non-hydrogen) atoms. The van der Waals surface area contributed by atoms with Gasteiger partial charge in [-0.05, 0) is 18.4 Å². The molecular formula is C11H9ClN2S. The molecule has 0 aliphatic carbocycles. The topological polar surface area (TPSA) is 25.8 Å². The number of pyridine rings is 2. The lowest BCUT2D eigenvalue weighted by Gasteiger charge is -2.01. The second kappa shape index (κ2) is 4.64. The first kappa shape index (κ1) is 10.5. The number of nitrogens with zero attached hydrogens (tertiary/aromatic N) is 2. The fourth-order valence-electron chi connectivity index (χ4n) is 1.24. The van der Waals surface area contributed by atoms with E-state index >= 15 is 0 Å². The monoisotopic (exact) mass is 236 g/mol. The van der Waals surface area contributed by atoms with Crippen molar-refractivity contribution in [3.8, 4) is 11.1 Å². The molecular weight excluding hydrogens is 228 g/mol. The van der Waals surface area contributed by atoms with E-state index in [9.17, 15) is 0 Å². The summed E-state index contributed by atoms with van der Waals surface area (Å²) < 4.78 is 0. The van der Waals surface area contributed by atoms with Crippen LogP contribution < -0.4 is 0 Å². The van der Waals surface area contributed by atoms with Gasteiger partial charge < -0.3 is 0 Å². The average Bonchev–Trinajstić information content (AvgIpc) is 2.29. The average molecular weight is 237 g/mol. The molecule has 0 aliphatic heterocycles. The third-order valence-corrected chi connectivity index (χ3v) is 2.85. The first-order chi connectivity index (χ1) is 7.29. The zero-order valence-electron chi connectivity index (χ0n) is 8.14. The standard InChI is InChI=1S/C11H9ClN2S/c1-15-11-3-2-8(6-14-11)9-4-10(12)7-13-5-9/h2-7H,1H3. The van der Waals surface area contributed by atoms with Crippen molar-refractivity contribution in [3.63, 3.8) is 0 Å². The van der Waals surface area contributed by atoms with E-state index in [0.717, 1.165) is 16.2 Å². The van der Waals surface area contributed by atoms with Gasteiger partial charge in [-0.2, -0.15) is 0 Å². The molecule has 0 N–H and O–H groups in total. The minimum atomic E-state index is 0.640. The van der Waals surface area contributed by atoms with Gasteiger partial charge in [0.2, 0.25) is 0 Å². The lowest BCUT2D eigenvalue weighted by Crippen LogP contribution is -1.83. The maximum absolute atomic E-state index is 5.87. The summed E-state index contributed by atoms with van der Waals surface area (Å²) in [5.41, 5.74) is 2.02. The molecule has 0 bridgehead atoms. The van der Waals surface area contributed by atoms with Crippen LogP contribution in [-0.2, 0) is 0 Å². The lowest BCUT2D eigenvalue weighted by molar-refractivity contribution is 1.14. The zero-order chi connectivity index (χ0) is 10.7. The van der Waals surface area contributed by atoms with Crippen LogP contribution in [0.25, 0.3) is 11.1 Å². The van der Waals surface area contributed by atoms with Gasteiger partial charge >= 0.3 is 0 Å². The SMILES string of the molecule is CSc1ccc(-c2cncc(Cl)c2)cn1. The summed E-state index contributed by atoms with van der Waals surface area (Å²) >= 11 is 7.49. The second-order valence-electron chi connectivity index (χ2n) is 2.98. The van der Waals surface area contributed by atoms with Crippen molar-refractivity contribution in [2.24, 2.45) is 0 Å². The van der Waals surface area contributed by atoms with Gasteiger partial charge in [0.25, 0.3) is 0 Å². The first-order valence-electron chi connectivity index (χ1n) is 4.40. The molecule has 2 aromatic rings. The molecule has 0 radical (unpaired) electrons. The van der Waals surface area contributed by atoms with Crippen molar-refractivity contribution >= 4 is 23.4 Å². The van der Waals surface area contributed by atoms with Crippen molar-refractivity contribution in [1.29, 1.82) is 0 Å². The fraction of sp³-hybridized carbons (Fsp3) is 0.0909. The van der Waals surface area contributed by atoms with Gasteiger partial charge in [-0.15, -0.1) is 11.8 Å². The molecule has 0 amide bonds. The van der Waals surface area contributed by atoms with Crippen molar-refractivity contribution < 1.29 is 0 Å². The molecule has 2 heterocycles. The van der Waals surface area contributed by atoms with E-state index in [1.807, 2.05) is 30.7 Å². The number of hydrogen-bond acceptors (Lipinski definition) is 3. The van der Waals surface area contributed by atoms with E-state index in [1.54, 1.807) is 24.2 Å². The van der Waals surface area contributed by atoms with Crippen LogP contribution >= 0.6 is 23.4 Å². The number of halogens is 1. The smallest absolute Gasteiger partial charge is 0.0957 e. The van der Waals surface area contributed by atoms with E-state index in [-0.39, 0.29) is 0 Å². The zero-order valence-corrected chi connectivity index (χ0v) is 9.72. The molecule has 0 saturated heterocycles. The summed E-state index contributed by atoms with van der Waals surface area (Å²) in [6, 6.07) is 5.89. The molecule has 0 fully saturated rings. The Morgan fingerprint density at radius 3 is 2.60 bits per heavy atom. The van der Waals surface area contributed by atoms with Crippen molar-refractivity contribution in [1.82, 2.24) is 9.97 Å². The molecule has 0 unspecified atom stereocenters. The molecule has 2 aromatic heterocycles. The minimum absolute atomic E-state index is 0.640. The highest BCUT2D eigenvalue weighted by molar-refractivity contribution is 7.98. The number of aromatic nitrogens is 2. The number of thioether (sulfide) groups is 1. The highest BCUT2D eigenvalue weighted by Gasteiger charge is 1.99. The Morgan fingerprint density at radius 1 is 1.13 bits per heavy atom. The molecule has 0 aromatic carbocycles. The second-order valence-corrected chi connectivity index (χ2v) is 4.24. The van der Waals surface area contributed by atoms with Gasteiger partial charge in [-0.1, -0.05) is 17.7 Å². The summed E-state index contributed by atoms with van der Waals surface area (Å²) in [5.74, 6) is 0. The van der Waals surface area contributed by atoms with Gasteiger partial charge in [0, 0.05) is 29.7 Å². The molecule has 2 rings (SSSR count). The molecule has 0 atom stereocenters. The van der Waals surface area contributed by atoms with Crippen molar-refractivity contribution in [3.05, 3.63) is 41.8 Å². The maximum Gasteiger partial charge on any atom is 0.0957 e. The van der Waals surface area contributed by atoms with Gasteiger partial charge in [0.05, 0.1) is 10.0 Å². The van der Waals surface area contributed by atoms with Gasteiger partial charge in [-0.25, -0.2) is 4.98 Å². The van der Waals surface area contributed by atoms with Crippen molar-refractivity contribution in [2.45, 2.75) is 5.03 Å². The van der Waals surface area contributed by atoms with Crippen LogP contribution in [-0.4, -0.2) is 16.2 Å². The molecule has 2 nitrogen and oxygen atoms in total.